The third-order valence-corrected chi connectivity index (χ3v) is 12.4. The minimum absolute atomic E-state index is 0.0750. The maximum Gasteiger partial charge on any atom is 0.306 e. The molecule has 0 aliphatic carbocycles. The van der Waals surface area contributed by atoms with Crippen molar-refractivity contribution in [3.63, 3.8) is 0 Å². The van der Waals surface area contributed by atoms with Crippen LogP contribution in [0.1, 0.15) is 258 Å². The van der Waals surface area contributed by atoms with Gasteiger partial charge in [0.15, 0.2) is 6.10 Å². The Kier molecular flexibility index (Phi) is 58.0. The summed E-state index contributed by atoms with van der Waals surface area (Å²) in [5, 5.41) is 9.67. The van der Waals surface area contributed by atoms with Crippen LogP contribution in [0.4, 0.5) is 0 Å². The number of esters is 2. The second kappa shape index (κ2) is 61.3. The fourth-order valence-corrected chi connectivity index (χ4v) is 8.06. The van der Waals surface area contributed by atoms with E-state index in [9.17, 15) is 14.7 Å². The lowest BCUT2D eigenvalue weighted by atomic mass is 10.0. The van der Waals surface area contributed by atoms with Crippen molar-refractivity contribution in [3.05, 3.63) is 134 Å². The zero-order chi connectivity index (χ0) is 52.0. The fourth-order valence-electron chi connectivity index (χ4n) is 8.06. The van der Waals surface area contributed by atoms with Crippen LogP contribution in [-0.2, 0) is 19.1 Å². The largest absolute Gasteiger partial charge is 0.462 e. The molecule has 0 amide bonds. The summed E-state index contributed by atoms with van der Waals surface area (Å²) in [4.78, 5) is 24.6. The second-order valence-electron chi connectivity index (χ2n) is 19.3. The van der Waals surface area contributed by atoms with Gasteiger partial charge in [0.2, 0.25) is 0 Å². The molecule has 0 saturated heterocycles. The minimum atomic E-state index is -0.786. The Balaban J connectivity index is 3.54. The van der Waals surface area contributed by atoms with Gasteiger partial charge in [-0.05, 0) is 109 Å². The number of allylic oxidation sites excluding steroid dienone is 22. The van der Waals surface area contributed by atoms with E-state index in [1.54, 1.807) is 0 Å². The molecule has 0 aliphatic heterocycles. The number of hydrogen-bond acceptors (Lipinski definition) is 5. The molecule has 0 radical (unpaired) electrons. The summed E-state index contributed by atoms with van der Waals surface area (Å²) in [6, 6.07) is 0. The lowest BCUT2D eigenvalue weighted by Crippen LogP contribution is -2.28. The summed E-state index contributed by atoms with van der Waals surface area (Å²) in [6.45, 7) is 3.92. The highest BCUT2D eigenvalue weighted by atomic mass is 16.6. The van der Waals surface area contributed by atoms with Crippen molar-refractivity contribution in [2.45, 2.75) is 264 Å². The molecule has 0 aromatic carbocycles. The quantitative estimate of drug-likeness (QED) is 0.0373. The predicted octanol–water partition coefficient (Wildman–Crippen LogP) is 20.4. The average molecular weight is 996 g/mol. The minimum Gasteiger partial charge on any atom is -0.462 e. The molecule has 72 heavy (non-hydrogen) atoms. The van der Waals surface area contributed by atoms with E-state index in [-0.39, 0.29) is 25.2 Å². The van der Waals surface area contributed by atoms with Gasteiger partial charge in [-0.1, -0.05) is 270 Å². The molecule has 1 unspecified atom stereocenters. The SMILES string of the molecule is CC/C=C\C/C=C\C/C=C\C/C=C\C/C=C\C/C=C\C/C=C\CCCCCCCCCCCC(=O)OC(CO)COC(=O)CCCCCCCCCCCCCCCC/C=C\C/C=C\C/C=C\C/C=C\CC. The van der Waals surface area contributed by atoms with E-state index in [0.29, 0.717) is 12.8 Å². The summed E-state index contributed by atoms with van der Waals surface area (Å²) in [5.41, 5.74) is 0. The average Bonchev–Trinajstić information content (AvgIpc) is 3.38. The molecule has 0 heterocycles. The number of aliphatic hydroxyl groups is 1. The number of carbonyl (C=O) groups is 2. The third-order valence-electron chi connectivity index (χ3n) is 12.4. The molecule has 1 N–H and O–H groups in total. The van der Waals surface area contributed by atoms with Gasteiger partial charge < -0.3 is 14.6 Å². The van der Waals surface area contributed by atoms with Crippen LogP contribution in [0, 0.1) is 0 Å². The van der Waals surface area contributed by atoms with Gasteiger partial charge in [0.05, 0.1) is 6.61 Å². The molecule has 0 rings (SSSR count). The van der Waals surface area contributed by atoms with Crippen LogP contribution in [0.2, 0.25) is 0 Å². The number of hydrogen-bond donors (Lipinski definition) is 1. The monoisotopic (exact) mass is 995 g/mol. The summed E-state index contributed by atoms with van der Waals surface area (Å²) in [6.07, 6.45) is 91.4. The normalized spacial score (nSPS) is 13.2. The number of aliphatic hydroxyl groups excluding tert-OH is 1. The van der Waals surface area contributed by atoms with Crippen LogP contribution in [-0.4, -0.2) is 36.4 Å². The van der Waals surface area contributed by atoms with E-state index in [1.807, 2.05) is 0 Å². The van der Waals surface area contributed by atoms with Crippen LogP contribution in [0.5, 0.6) is 0 Å². The smallest absolute Gasteiger partial charge is 0.306 e. The van der Waals surface area contributed by atoms with Crippen molar-refractivity contribution >= 4 is 11.9 Å². The molecular formula is C67H110O5. The number of carbonyl (C=O) groups excluding carboxylic acids is 2. The molecule has 0 aliphatic rings. The highest BCUT2D eigenvalue weighted by Gasteiger charge is 2.16. The molecule has 0 saturated carbocycles. The zero-order valence-corrected chi connectivity index (χ0v) is 46.6. The predicted molar refractivity (Wildman–Crippen MR) is 315 cm³/mol. The Morgan fingerprint density at radius 1 is 0.319 bits per heavy atom. The summed E-state index contributed by atoms with van der Waals surface area (Å²) < 4.78 is 10.7. The van der Waals surface area contributed by atoms with Gasteiger partial charge in [0, 0.05) is 12.8 Å². The first kappa shape index (κ1) is 68.0. The molecule has 0 aromatic rings. The van der Waals surface area contributed by atoms with Gasteiger partial charge in [-0.25, -0.2) is 0 Å². The maximum absolute atomic E-state index is 12.3. The molecule has 0 bridgehead atoms. The number of ether oxygens (including phenoxy) is 2. The topological polar surface area (TPSA) is 72.8 Å². The fraction of sp³-hybridized carbons (Fsp3) is 0.642. The van der Waals surface area contributed by atoms with E-state index in [4.69, 9.17) is 9.47 Å². The third kappa shape index (κ3) is 58.6. The van der Waals surface area contributed by atoms with Gasteiger partial charge in [0.25, 0.3) is 0 Å². The first-order valence-electron chi connectivity index (χ1n) is 29.7. The molecule has 0 fully saturated rings. The van der Waals surface area contributed by atoms with E-state index in [1.165, 1.54) is 116 Å². The van der Waals surface area contributed by atoms with Gasteiger partial charge in [-0.2, -0.15) is 0 Å². The van der Waals surface area contributed by atoms with Crippen LogP contribution in [0.15, 0.2) is 134 Å². The van der Waals surface area contributed by atoms with Gasteiger partial charge >= 0.3 is 11.9 Å². The van der Waals surface area contributed by atoms with Crippen LogP contribution >= 0.6 is 0 Å². The first-order chi connectivity index (χ1) is 35.6. The molecule has 5 heteroatoms. The second-order valence-corrected chi connectivity index (χ2v) is 19.3. The van der Waals surface area contributed by atoms with E-state index >= 15 is 0 Å². The van der Waals surface area contributed by atoms with Crippen molar-refractivity contribution < 1.29 is 24.2 Å². The van der Waals surface area contributed by atoms with Crippen LogP contribution in [0.25, 0.3) is 0 Å². The summed E-state index contributed by atoms with van der Waals surface area (Å²) in [7, 11) is 0. The molecule has 1 atom stereocenters. The van der Waals surface area contributed by atoms with Crippen molar-refractivity contribution in [2.75, 3.05) is 13.2 Å². The Labute approximate surface area is 445 Å². The number of unbranched alkanes of at least 4 members (excludes halogenated alkanes) is 23. The lowest BCUT2D eigenvalue weighted by Gasteiger charge is -2.15. The van der Waals surface area contributed by atoms with Crippen molar-refractivity contribution in [2.24, 2.45) is 0 Å². The molecular weight excluding hydrogens is 885 g/mol. The Morgan fingerprint density at radius 3 is 0.833 bits per heavy atom. The lowest BCUT2D eigenvalue weighted by molar-refractivity contribution is -0.161. The van der Waals surface area contributed by atoms with E-state index in [0.717, 1.165) is 116 Å². The van der Waals surface area contributed by atoms with Crippen LogP contribution < -0.4 is 0 Å². The van der Waals surface area contributed by atoms with E-state index < -0.39 is 6.10 Å². The van der Waals surface area contributed by atoms with Crippen molar-refractivity contribution in [1.29, 1.82) is 0 Å². The molecule has 0 aromatic heterocycles. The van der Waals surface area contributed by atoms with Crippen LogP contribution in [0.3, 0.4) is 0 Å². The summed E-state index contributed by atoms with van der Waals surface area (Å²) >= 11 is 0. The van der Waals surface area contributed by atoms with Crippen molar-refractivity contribution in [1.82, 2.24) is 0 Å². The van der Waals surface area contributed by atoms with E-state index in [2.05, 4.69) is 148 Å². The number of rotatable bonds is 53. The molecule has 5 nitrogen and oxygen atoms in total. The van der Waals surface area contributed by atoms with Crippen molar-refractivity contribution in [3.8, 4) is 0 Å². The Morgan fingerprint density at radius 2 is 0.556 bits per heavy atom. The Hall–Kier alpha value is -3.96. The van der Waals surface area contributed by atoms with Gasteiger partial charge in [-0.3, -0.25) is 9.59 Å². The molecule has 408 valence electrons. The highest BCUT2D eigenvalue weighted by molar-refractivity contribution is 5.70. The molecule has 0 spiro atoms. The first-order valence-corrected chi connectivity index (χ1v) is 29.7. The zero-order valence-electron chi connectivity index (χ0n) is 46.6. The highest BCUT2D eigenvalue weighted by Crippen LogP contribution is 2.16. The van der Waals surface area contributed by atoms with Gasteiger partial charge in [0.1, 0.15) is 6.61 Å². The Bertz CT molecular complexity index is 1500. The standard InChI is InChI=1S/C67H110O5/c1-3-5-7-9-11-13-15-17-19-21-23-25-27-29-31-32-33-34-36-38-40-42-44-46-48-50-52-54-56-58-60-62-67(70)72-65(63-68)64-71-66(69)61-59-57-55-53-51-49-47-45-43-41-39-37-35-30-28-26-24-22-20-18-16-14-12-10-8-6-4-2/h5-8,11-14,17-20,23-26,29,31,33-34,38,40,65,68H,3-4,9-10,15-16,21-22,27-28,30,32,35-37,39,41-64H2,1-2H3/b7-5-,8-6-,13-11-,14-12-,19-17-,20-18-,25-23-,26-24-,31-29-,34-33-,40-38-. The summed E-state index contributed by atoms with van der Waals surface area (Å²) in [5.74, 6) is -0.601. The maximum atomic E-state index is 12.3. The van der Waals surface area contributed by atoms with Gasteiger partial charge in [-0.15, -0.1) is 0 Å².